The molecule has 2 rings (SSSR count). The van der Waals surface area contributed by atoms with Crippen molar-refractivity contribution in [2.75, 3.05) is 12.9 Å². The van der Waals surface area contributed by atoms with E-state index in [4.69, 9.17) is 10.5 Å². The van der Waals surface area contributed by atoms with Gasteiger partial charge in [-0.05, 0) is 31.0 Å². The molecule has 0 spiro atoms. The number of rotatable bonds is 2. The average molecular weight is 253 g/mol. The molecule has 6 heteroatoms. The molecule has 0 aromatic carbocycles. The molecule has 0 radical (unpaired) electrons. The number of nitrogens with two attached hydrogens (primary N) is 1. The van der Waals surface area contributed by atoms with Crippen LogP contribution >= 0.6 is 10.5 Å². The van der Waals surface area contributed by atoms with E-state index in [0.29, 0.717) is 6.61 Å². The van der Waals surface area contributed by atoms with Crippen LogP contribution in [0.3, 0.4) is 0 Å². The SMILES string of the molecule is CCOC(=O)C1=C(N)N=C2C(=CC(C)=S2C)N1. The monoisotopic (exact) mass is 253 g/mol. The van der Waals surface area contributed by atoms with Crippen molar-refractivity contribution in [3.05, 3.63) is 23.3 Å². The highest BCUT2D eigenvalue weighted by atomic mass is 32.2. The van der Waals surface area contributed by atoms with Crippen molar-refractivity contribution in [2.45, 2.75) is 13.8 Å². The van der Waals surface area contributed by atoms with E-state index >= 15 is 0 Å². The highest BCUT2D eigenvalue weighted by Crippen LogP contribution is 2.29. The Bertz CT molecular complexity index is 515. The molecular formula is C11H15N3O2S. The van der Waals surface area contributed by atoms with Crippen LogP contribution in [0.15, 0.2) is 28.3 Å². The molecule has 3 N–H and O–H groups in total. The molecule has 0 aromatic heterocycles. The van der Waals surface area contributed by atoms with Gasteiger partial charge in [-0.2, -0.15) is 0 Å². The fourth-order valence-corrected chi connectivity index (χ4v) is 2.89. The lowest BCUT2D eigenvalue weighted by Gasteiger charge is -2.18. The minimum absolute atomic E-state index is 0.0414. The molecule has 0 saturated carbocycles. The number of carbonyl (C=O) groups is 1. The number of ether oxygens (including phenoxy) is 1. The second kappa shape index (κ2) is 4.37. The molecular weight excluding hydrogens is 238 g/mol. The Kier molecular flexibility index (Phi) is 3.06. The summed E-state index contributed by atoms with van der Waals surface area (Å²) in [6.45, 7) is 4.11. The minimum Gasteiger partial charge on any atom is -0.461 e. The number of nitrogens with zero attached hydrogens (tertiary/aromatic N) is 1. The van der Waals surface area contributed by atoms with Crippen LogP contribution in [0.2, 0.25) is 0 Å². The summed E-state index contributed by atoms with van der Waals surface area (Å²) in [5.41, 5.74) is 6.85. The standard InChI is InChI=1S/C11H15N3O2S/c1-4-16-11(15)8-9(12)14-10-7(13-8)5-6(2)17(10)3/h5,13H,4,12H2,1-3H3. The molecule has 1 unspecified atom stereocenters. The number of carbonyl (C=O) groups excluding carboxylic acids is 1. The lowest BCUT2D eigenvalue weighted by molar-refractivity contribution is -0.138. The first-order chi connectivity index (χ1) is 8.04. The van der Waals surface area contributed by atoms with Crippen molar-refractivity contribution in [3.63, 3.8) is 0 Å². The Morgan fingerprint density at radius 3 is 3.00 bits per heavy atom. The van der Waals surface area contributed by atoms with Gasteiger partial charge in [0.25, 0.3) is 0 Å². The van der Waals surface area contributed by atoms with Gasteiger partial charge in [0, 0.05) is 0 Å². The Morgan fingerprint density at radius 2 is 2.35 bits per heavy atom. The molecule has 0 fully saturated rings. The van der Waals surface area contributed by atoms with Gasteiger partial charge in [-0.1, -0.05) is 0 Å². The van der Waals surface area contributed by atoms with Crippen molar-refractivity contribution in [3.8, 4) is 0 Å². The predicted octanol–water partition coefficient (Wildman–Crippen LogP) is 0.668. The summed E-state index contributed by atoms with van der Waals surface area (Å²) in [7, 11) is -0.0414. The highest BCUT2D eigenvalue weighted by Gasteiger charge is 2.27. The molecule has 2 aliphatic rings. The molecule has 2 aliphatic heterocycles. The number of hydrogen-bond donors (Lipinski definition) is 2. The lowest BCUT2D eigenvalue weighted by atomic mass is 10.3. The topological polar surface area (TPSA) is 76.7 Å². The highest BCUT2D eigenvalue weighted by molar-refractivity contribution is 8.29. The van der Waals surface area contributed by atoms with E-state index in [1.165, 1.54) is 4.86 Å². The number of fused-ring (bicyclic) bond motifs is 1. The number of hydrogen-bond acceptors (Lipinski definition) is 5. The summed E-state index contributed by atoms with van der Waals surface area (Å²) in [6.07, 6.45) is 4.08. The van der Waals surface area contributed by atoms with Crippen LogP contribution in [-0.2, 0) is 9.53 Å². The van der Waals surface area contributed by atoms with Crippen LogP contribution in [0.5, 0.6) is 0 Å². The molecule has 17 heavy (non-hydrogen) atoms. The fraction of sp³-hybridized carbons (Fsp3) is 0.364. The Labute approximate surface area is 102 Å². The van der Waals surface area contributed by atoms with Crippen LogP contribution in [0.1, 0.15) is 13.8 Å². The third kappa shape index (κ3) is 2.00. The molecule has 5 nitrogen and oxygen atoms in total. The normalized spacial score (nSPS) is 22.8. The summed E-state index contributed by atoms with van der Waals surface area (Å²) in [5, 5.41) is 3.92. The van der Waals surface area contributed by atoms with Crippen LogP contribution in [0, 0.1) is 0 Å². The van der Waals surface area contributed by atoms with Crippen LogP contribution in [0.25, 0.3) is 0 Å². The van der Waals surface area contributed by atoms with Gasteiger partial charge in [-0.15, -0.1) is 10.5 Å². The summed E-state index contributed by atoms with van der Waals surface area (Å²) in [5.74, 6) is -0.265. The Balaban J connectivity index is 2.35. The number of nitrogens with one attached hydrogen (secondary N) is 1. The van der Waals surface area contributed by atoms with Gasteiger partial charge >= 0.3 is 5.97 Å². The Hall–Kier alpha value is -1.56. The van der Waals surface area contributed by atoms with Gasteiger partial charge < -0.3 is 15.8 Å². The van der Waals surface area contributed by atoms with E-state index in [-0.39, 0.29) is 22.0 Å². The van der Waals surface area contributed by atoms with Crippen molar-refractivity contribution in [1.82, 2.24) is 5.32 Å². The largest absolute Gasteiger partial charge is 0.461 e. The summed E-state index contributed by atoms with van der Waals surface area (Å²) >= 11 is 0. The zero-order valence-electron chi connectivity index (χ0n) is 10.0. The van der Waals surface area contributed by atoms with Crippen molar-refractivity contribution in [2.24, 2.45) is 10.7 Å². The number of aliphatic imine (C=N–C) groups is 1. The molecule has 0 amide bonds. The van der Waals surface area contributed by atoms with Gasteiger partial charge in [0.05, 0.1) is 12.3 Å². The summed E-state index contributed by atoms with van der Waals surface area (Å²) in [4.78, 5) is 17.2. The summed E-state index contributed by atoms with van der Waals surface area (Å²) in [6, 6.07) is 0. The van der Waals surface area contributed by atoms with Crippen molar-refractivity contribution < 1.29 is 9.53 Å². The molecule has 0 aromatic rings. The molecule has 0 aliphatic carbocycles. The third-order valence-corrected chi connectivity index (χ3v) is 4.54. The first-order valence-corrected chi connectivity index (χ1v) is 6.92. The van der Waals surface area contributed by atoms with Gasteiger partial charge in [0.2, 0.25) is 0 Å². The quantitative estimate of drug-likeness (QED) is 0.560. The zero-order valence-corrected chi connectivity index (χ0v) is 10.9. The number of esters is 1. The van der Waals surface area contributed by atoms with E-state index in [1.54, 1.807) is 6.92 Å². The second-order valence-corrected chi connectivity index (χ2v) is 5.75. The van der Waals surface area contributed by atoms with Gasteiger partial charge in [-0.25, -0.2) is 9.79 Å². The molecule has 92 valence electrons. The fourth-order valence-electron chi connectivity index (χ4n) is 1.61. The van der Waals surface area contributed by atoms with E-state index in [2.05, 4.69) is 16.6 Å². The van der Waals surface area contributed by atoms with Gasteiger partial charge in [-0.3, -0.25) is 0 Å². The zero-order chi connectivity index (χ0) is 12.6. The van der Waals surface area contributed by atoms with Gasteiger partial charge in [0.1, 0.15) is 5.04 Å². The second-order valence-electron chi connectivity index (χ2n) is 3.70. The maximum atomic E-state index is 11.6. The smallest absolute Gasteiger partial charge is 0.358 e. The van der Waals surface area contributed by atoms with Crippen LogP contribution in [-0.4, -0.2) is 28.7 Å². The van der Waals surface area contributed by atoms with E-state index < -0.39 is 5.97 Å². The van der Waals surface area contributed by atoms with Crippen molar-refractivity contribution in [1.29, 1.82) is 0 Å². The lowest BCUT2D eigenvalue weighted by Crippen LogP contribution is -2.31. The van der Waals surface area contributed by atoms with E-state index in [1.807, 2.05) is 13.0 Å². The van der Waals surface area contributed by atoms with Gasteiger partial charge in [0.15, 0.2) is 11.5 Å². The maximum Gasteiger partial charge on any atom is 0.358 e. The third-order valence-electron chi connectivity index (χ3n) is 2.57. The first-order valence-electron chi connectivity index (χ1n) is 5.28. The maximum absolute atomic E-state index is 11.6. The molecule has 0 bridgehead atoms. The molecule has 0 saturated heterocycles. The molecule has 1 atom stereocenters. The minimum atomic E-state index is -0.464. The average Bonchev–Trinajstić information content (AvgIpc) is 2.55. The number of allylic oxidation sites excluding steroid dienone is 1. The van der Waals surface area contributed by atoms with E-state index in [9.17, 15) is 4.79 Å². The van der Waals surface area contributed by atoms with E-state index in [0.717, 1.165) is 10.7 Å². The predicted molar refractivity (Wildman–Crippen MR) is 70.7 cm³/mol. The summed E-state index contributed by atoms with van der Waals surface area (Å²) < 4.78 is 4.91. The van der Waals surface area contributed by atoms with Crippen LogP contribution < -0.4 is 11.1 Å². The Morgan fingerprint density at radius 1 is 1.65 bits per heavy atom. The molecule has 2 heterocycles. The first kappa shape index (κ1) is 11.9. The van der Waals surface area contributed by atoms with Crippen LogP contribution in [0.4, 0.5) is 0 Å². The van der Waals surface area contributed by atoms with Crippen molar-refractivity contribution >= 4 is 26.4 Å².